The Labute approximate surface area is 329 Å². The molecular weight excluding hydrogens is 677 g/mol. The van der Waals surface area contributed by atoms with Gasteiger partial charge in [-0.05, 0) is 111 Å². The van der Waals surface area contributed by atoms with Gasteiger partial charge in [0.1, 0.15) is 0 Å². The highest BCUT2D eigenvalue weighted by atomic mass is 15.1. The fourth-order valence-electron chi connectivity index (χ4n) is 7.77. The van der Waals surface area contributed by atoms with Crippen LogP contribution in [0.3, 0.4) is 0 Å². The van der Waals surface area contributed by atoms with Crippen molar-refractivity contribution in [2.24, 2.45) is 0 Å². The molecule has 0 fully saturated rings. The van der Waals surface area contributed by atoms with E-state index in [1.54, 1.807) is 0 Å². The summed E-state index contributed by atoms with van der Waals surface area (Å²) in [6.45, 7) is 8.11. The highest BCUT2D eigenvalue weighted by Gasteiger charge is 2.18. The van der Waals surface area contributed by atoms with Crippen LogP contribution in [0.25, 0.3) is 56.0 Å². The Bertz CT molecular complexity index is 2680. The molecule has 0 aliphatic heterocycles. The molecule has 0 N–H and O–H groups in total. The van der Waals surface area contributed by atoms with Crippen molar-refractivity contribution in [3.63, 3.8) is 0 Å². The van der Waals surface area contributed by atoms with E-state index < -0.39 is 0 Å². The van der Waals surface area contributed by atoms with Crippen LogP contribution in [0.5, 0.6) is 0 Å². The Balaban J connectivity index is 1.13. The van der Waals surface area contributed by atoms with Crippen molar-refractivity contribution in [2.45, 2.75) is 0 Å². The van der Waals surface area contributed by atoms with Crippen molar-refractivity contribution in [1.82, 2.24) is 0 Å². The predicted molar refractivity (Wildman–Crippen MR) is 242 cm³/mol. The van der Waals surface area contributed by atoms with Crippen LogP contribution in [0.2, 0.25) is 0 Å². The second-order valence-electron chi connectivity index (χ2n) is 13.9. The zero-order chi connectivity index (χ0) is 37.8. The fraction of sp³-hybridized carbons (Fsp3) is 0. The summed E-state index contributed by atoms with van der Waals surface area (Å²) < 4.78 is 0. The molecule has 0 atom stereocenters. The average molecular weight is 717 g/mol. The first-order chi connectivity index (χ1) is 27.7. The smallest absolute Gasteiger partial charge is 0.0540 e. The number of hydrogen-bond acceptors (Lipinski definition) is 2. The quantitative estimate of drug-likeness (QED) is 0.139. The van der Waals surface area contributed by atoms with Crippen LogP contribution < -0.4 is 9.80 Å². The van der Waals surface area contributed by atoms with Gasteiger partial charge in [-0.2, -0.15) is 0 Å². The van der Waals surface area contributed by atoms with E-state index in [4.69, 9.17) is 0 Å². The van der Waals surface area contributed by atoms with Crippen molar-refractivity contribution < 1.29 is 0 Å². The van der Waals surface area contributed by atoms with E-state index >= 15 is 0 Å². The summed E-state index contributed by atoms with van der Waals surface area (Å²) in [7, 11) is 0. The lowest BCUT2D eigenvalue weighted by Crippen LogP contribution is -2.10. The van der Waals surface area contributed by atoms with Crippen molar-refractivity contribution >= 4 is 67.8 Å². The molecule has 0 amide bonds. The van der Waals surface area contributed by atoms with E-state index in [0.717, 1.165) is 67.5 Å². The van der Waals surface area contributed by atoms with Crippen LogP contribution in [0.4, 0.5) is 34.1 Å². The van der Waals surface area contributed by atoms with Gasteiger partial charge in [0.25, 0.3) is 0 Å². The van der Waals surface area contributed by atoms with E-state index in [0.29, 0.717) is 0 Å². The van der Waals surface area contributed by atoms with Gasteiger partial charge in [0.2, 0.25) is 0 Å². The van der Waals surface area contributed by atoms with Crippen LogP contribution >= 0.6 is 0 Å². The lowest BCUT2D eigenvalue weighted by molar-refractivity contribution is 1.29. The standard InChI is InChI=1S/C54H40N2/c1-3-39-16-9-26-47(34-39)55(53-32-14-20-41-18-5-7-30-51(41)53)49-28-12-24-45(37-49)43-22-11-23-44(36-43)46-25-13-29-50(38-46)56(48-27-10-17-40(4-2)35-48)54-33-15-21-42-19-6-8-31-52(42)54/h3-38H,1-2H2. The first kappa shape index (κ1) is 34.4. The molecule has 0 aromatic heterocycles. The van der Waals surface area contributed by atoms with E-state index in [1.165, 1.54) is 21.5 Å². The van der Waals surface area contributed by atoms with Gasteiger partial charge in [0.15, 0.2) is 0 Å². The predicted octanol–water partition coefficient (Wildman–Crippen LogP) is 15.6. The van der Waals surface area contributed by atoms with E-state index in [9.17, 15) is 0 Å². The second-order valence-corrected chi connectivity index (χ2v) is 13.9. The molecule has 0 radical (unpaired) electrons. The van der Waals surface area contributed by atoms with Crippen molar-refractivity contribution in [1.29, 1.82) is 0 Å². The lowest BCUT2D eigenvalue weighted by atomic mass is 9.97. The van der Waals surface area contributed by atoms with Crippen LogP contribution in [-0.4, -0.2) is 0 Å². The van der Waals surface area contributed by atoms with E-state index in [1.807, 2.05) is 12.2 Å². The summed E-state index contributed by atoms with van der Waals surface area (Å²) in [6, 6.07) is 73.9. The van der Waals surface area contributed by atoms with Crippen molar-refractivity contribution in [3.05, 3.63) is 231 Å². The summed E-state index contributed by atoms with van der Waals surface area (Å²) in [4.78, 5) is 4.71. The Hall–Kier alpha value is -7.42. The van der Waals surface area contributed by atoms with Crippen molar-refractivity contribution in [3.8, 4) is 22.3 Å². The maximum Gasteiger partial charge on any atom is 0.0540 e. The normalized spacial score (nSPS) is 11.0. The summed E-state index contributed by atoms with van der Waals surface area (Å²) in [5.74, 6) is 0. The van der Waals surface area contributed by atoms with E-state index in [2.05, 4.69) is 229 Å². The Kier molecular flexibility index (Phi) is 9.29. The van der Waals surface area contributed by atoms with Gasteiger partial charge in [-0.15, -0.1) is 0 Å². The molecule has 9 rings (SSSR count). The maximum atomic E-state index is 4.05. The van der Waals surface area contributed by atoms with Crippen LogP contribution in [-0.2, 0) is 0 Å². The molecule has 0 saturated carbocycles. The first-order valence-electron chi connectivity index (χ1n) is 19.0. The van der Waals surface area contributed by atoms with Gasteiger partial charge < -0.3 is 9.80 Å². The van der Waals surface area contributed by atoms with Crippen LogP contribution in [0.15, 0.2) is 219 Å². The minimum absolute atomic E-state index is 1.08. The Morgan fingerprint density at radius 3 is 1.09 bits per heavy atom. The lowest BCUT2D eigenvalue weighted by Gasteiger charge is -2.28. The SMILES string of the molecule is C=Cc1cccc(N(c2cccc(-c3cccc(-c4cccc(N(c5cccc(C=C)c5)c5cccc6ccccc56)c4)c3)c2)c2cccc3ccccc23)c1. The van der Waals surface area contributed by atoms with Gasteiger partial charge in [0, 0.05) is 33.5 Å². The molecule has 2 heteroatoms. The molecular formula is C54H40N2. The van der Waals surface area contributed by atoms with Crippen LogP contribution in [0.1, 0.15) is 11.1 Å². The summed E-state index contributed by atoms with van der Waals surface area (Å²) in [6.07, 6.45) is 3.81. The van der Waals surface area contributed by atoms with Crippen molar-refractivity contribution in [2.75, 3.05) is 9.80 Å². The molecule has 56 heavy (non-hydrogen) atoms. The number of anilines is 6. The first-order valence-corrected chi connectivity index (χ1v) is 19.0. The molecule has 0 aliphatic rings. The van der Waals surface area contributed by atoms with Crippen LogP contribution in [0, 0.1) is 0 Å². The third-order valence-electron chi connectivity index (χ3n) is 10.5. The van der Waals surface area contributed by atoms with Gasteiger partial charge in [-0.3, -0.25) is 0 Å². The number of hydrogen-bond donors (Lipinski definition) is 0. The number of fused-ring (bicyclic) bond motifs is 2. The molecule has 0 bridgehead atoms. The fourth-order valence-corrected chi connectivity index (χ4v) is 7.77. The van der Waals surface area contributed by atoms with E-state index in [-0.39, 0.29) is 0 Å². The molecule has 0 spiro atoms. The third-order valence-corrected chi connectivity index (χ3v) is 10.5. The van der Waals surface area contributed by atoms with Gasteiger partial charge in [0.05, 0.1) is 11.4 Å². The average Bonchev–Trinajstić information content (AvgIpc) is 3.27. The van der Waals surface area contributed by atoms with Gasteiger partial charge in [-0.1, -0.05) is 165 Å². The monoisotopic (exact) mass is 716 g/mol. The zero-order valence-electron chi connectivity index (χ0n) is 31.1. The van der Waals surface area contributed by atoms with Gasteiger partial charge in [-0.25, -0.2) is 0 Å². The second kappa shape index (κ2) is 15.1. The molecule has 0 unspecified atom stereocenters. The minimum Gasteiger partial charge on any atom is -0.310 e. The molecule has 0 heterocycles. The highest BCUT2D eigenvalue weighted by molar-refractivity contribution is 6.00. The summed E-state index contributed by atoms with van der Waals surface area (Å²) in [5.41, 5.74) is 13.3. The Morgan fingerprint density at radius 1 is 0.304 bits per heavy atom. The molecule has 266 valence electrons. The molecule has 2 nitrogen and oxygen atoms in total. The summed E-state index contributed by atoms with van der Waals surface area (Å²) in [5, 5.41) is 4.79. The number of benzene rings is 9. The third kappa shape index (κ3) is 6.66. The Morgan fingerprint density at radius 2 is 0.643 bits per heavy atom. The molecule has 9 aromatic carbocycles. The number of nitrogens with zero attached hydrogens (tertiary/aromatic N) is 2. The number of rotatable bonds is 10. The van der Waals surface area contributed by atoms with Gasteiger partial charge >= 0.3 is 0 Å². The molecule has 0 aliphatic carbocycles. The molecule has 9 aromatic rings. The highest BCUT2D eigenvalue weighted by Crippen LogP contribution is 2.43. The maximum absolute atomic E-state index is 4.05. The molecule has 0 saturated heterocycles. The topological polar surface area (TPSA) is 6.48 Å². The zero-order valence-corrected chi connectivity index (χ0v) is 31.1. The summed E-state index contributed by atoms with van der Waals surface area (Å²) >= 11 is 0. The largest absolute Gasteiger partial charge is 0.310 e. The minimum atomic E-state index is 1.08.